The van der Waals surface area contributed by atoms with Crippen LogP contribution in [0.4, 0.5) is 13.2 Å². The molecule has 0 atom stereocenters. The summed E-state index contributed by atoms with van der Waals surface area (Å²) in [6, 6.07) is 8.77. The lowest BCUT2D eigenvalue weighted by molar-refractivity contribution is -0.153. The second-order valence-corrected chi connectivity index (χ2v) is 7.51. The van der Waals surface area contributed by atoms with Crippen molar-refractivity contribution >= 4 is 11.8 Å². The summed E-state index contributed by atoms with van der Waals surface area (Å²) in [4.78, 5) is 31.9. The van der Waals surface area contributed by atoms with E-state index in [1.807, 2.05) is 6.92 Å². The summed E-state index contributed by atoms with van der Waals surface area (Å²) in [6.45, 7) is 2.13. The number of alkyl halides is 3. The number of halogens is 3. The lowest BCUT2D eigenvalue weighted by Crippen LogP contribution is -2.25. The lowest BCUT2D eigenvalue weighted by Gasteiger charge is -2.16. The summed E-state index contributed by atoms with van der Waals surface area (Å²) in [5.41, 5.74) is 1.08. The molecule has 0 fully saturated rings. The second kappa shape index (κ2) is 8.78. The normalized spacial score (nSPS) is 11.5. The van der Waals surface area contributed by atoms with Crippen molar-refractivity contribution in [2.45, 2.75) is 25.2 Å². The Labute approximate surface area is 173 Å². The third-order valence-electron chi connectivity index (χ3n) is 4.10. The number of aromatic amines is 1. The highest BCUT2D eigenvalue weighted by atomic mass is 32.2. The highest BCUT2D eigenvalue weighted by molar-refractivity contribution is 7.99. The average Bonchev–Trinajstić information content (AvgIpc) is 2.69. The SMILES string of the molecule is CCSc1nc(-c2cc[nH]c(=O)c2)c(C)c(=O)n1-c1ccc(OCC(F)(F)F)cc1. The minimum absolute atomic E-state index is 0.0404. The van der Waals surface area contributed by atoms with Crippen molar-refractivity contribution in [3.8, 4) is 22.7 Å². The maximum absolute atomic E-state index is 13.1. The monoisotopic (exact) mass is 437 g/mol. The van der Waals surface area contributed by atoms with E-state index in [1.165, 1.54) is 52.9 Å². The molecule has 2 heterocycles. The molecule has 0 radical (unpaired) electrons. The van der Waals surface area contributed by atoms with Crippen molar-refractivity contribution in [1.82, 2.24) is 14.5 Å². The summed E-state index contributed by atoms with van der Waals surface area (Å²) >= 11 is 1.34. The molecule has 3 aromatic rings. The zero-order valence-corrected chi connectivity index (χ0v) is 16.9. The van der Waals surface area contributed by atoms with Gasteiger partial charge in [0.15, 0.2) is 11.8 Å². The fourth-order valence-corrected chi connectivity index (χ4v) is 3.50. The Kier molecular flexibility index (Phi) is 6.35. The van der Waals surface area contributed by atoms with Gasteiger partial charge in [-0.05, 0) is 43.0 Å². The Balaban J connectivity index is 2.05. The predicted molar refractivity (Wildman–Crippen MR) is 109 cm³/mol. The van der Waals surface area contributed by atoms with Gasteiger partial charge >= 0.3 is 6.18 Å². The molecule has 0 amide bonds. The van der Waals surface area contributed by atoms with E-state index in [0.29, 0.717) is 33.4 Å². The number of hydrogen-bond acceptors (Lipinski definition) is 5. The molecule has 6 nitrogen and oxygen atoms in total. The fourth-order valence-electron chi connectivity index (χ4n) is 2.77. The number of H-pyrrole nitrogens is 1. The number of pyridine rings is 1. The van der Waals surface area contributed by atoms with Gasteiger partial charge in [0.25, 0.3) is 5.56 Å². The first-order chi connectivity index (χ1) is 14.2. The molecule has 0 spiro atoms. The molecule has 0 aliphatic heterocycles. The van der Waals surface area contributed by atoms with Crippen LogP contribution in [0.15, 0.2) is 57.3 Å². The van der Waals surface area contributed by atoms with Crippen molar-refractivity contribution < 1.29 is 17.9 Å². The molecule has 3 rings (SSSR count). The van der Waals surface area contributed by atoms with Crippen LogP contribution in [-0.4, -0.2) is 33.1 Å². The Morgan fingerprint density at radius 3 is 2.47 bits per heavy atom. The maximum atomic E-state index is 13.1. The van der Waals surface area contributed by atoms with Crippen LogP contribution in [0.3, 0.4) is 0 Å². The van der Waals surface area contributed by atoms with Gasteiger partial charge in [0.2, 0.25) is 5.56 Å². The standard InChI is InChI=1S/C20H18F3N3O3S/c1-3-30-19-25-17(13-8-9-24-16(27)10-13)12(2)18(28)26(19)14-4-6-15(7-5-14)29-11-20(21,22)23/h4-10H,3,11H2,1-2H3,(H,24,27). The first-order valence-electron chi connectivity index (χ1n) is 8.95. The van der Waals surface area contributed by atoms with E-state index in [-0.39, 0.29) is 16.9 Å². The maximum Gasteiger partial charge on any atom is 0.422 e. The van der Waals surface area contributed by atoms with Crippen LogP contribution >= 0.6 is 11.8 Å². The van der Waals surface area contributed by atoms with Gasteiger partial charge in [0.05, 0.1) is 11.4 Å². The van der Waals surface area contributed by atoms with E-state index >= 15 is 0 Å². The first kappa shape index (κ1) is 21.7. The highest BCUT2D eigenvalue weighted by Gasteiger charge is 2.28. The molecule has 10 heteroatoms. The van der Waals surface area contributed by atoms with Crippen LogP contribution in [0.25, 0.3) is 16.9 Å². The predicted octanol–water partition coefficient (Wildman–Crippen LogP) is 3.95. The summed E-state index contributed by atoms with van der Waals surface area (Å²) in [5.74, 6) is 0.676. The number of ether oxygens (including phenoxy) is 1. The minimum Gasteiger partial charge on any atom is -0.484 e. The molecule has 0 saturated carbocycles. The largest absolute Gasteiger partial charge is 0.484 e. The van der Waals surface area contributed by atoms with Gasteiger partial charge < -0.3 is 9.72 Å². The van der Waals surface area contributed by atoms with E-state index in [0.717, 1.165) is 0 Å². The number of aromatic nitrogens is 3. The van der Waals surface area contributed by atoms with Gasteiger partial charge in [-0.2, -0.15) is 13.2 Å². The number of hydrogen-bond donors (Lipinski definition) is 1. The van der Waals surface area contributed by atoms with Crippen molar-refractivity contribution in [1.29, 1.82) is 0 Å². The van der Waals surface area contributed by atoms with Crippen LogP contribution in [0, 0.1) is 6.92 Å². The van der Waals surface area contributed by atoms with E-state index in [2.05, 4.69) is 9.97 Å². The Bertz CT molecular complexity index is 1150. The molecule has 1 N–H and O–H groups in total. The molecule has 0 unspecified atom stereocenters. The number of benzene rings is 1. The van der Waals surface area contributed by atoms with Crippen LogP contribution in [0.2, 0.25) is 0 Å². The van der Waals surface area contributed by atoms with Gasteiger partial charge in [-0.3, -0.25) is 14.2 Å². The number of nitrogens with zero attached hydrogens (tertiary/aromatic N) is 2. The van der Waals surface area contributed by atoms with E-state index in [4.69, 9.17) is 4.74 Å². The number of thioether (sulfide) groups is 1. The van der Waals surface area contributed by atoms with Crippen molar-refractivity contribution in [3.63, 3.8) is 0 Å². The zero-order chi connectivity index (χ0) is 21.9. The first-order valence-corrected chi connectivity index (χ1v) is 9.93. The third-order valence-corrected chi connectivity index (χ3v) is 4.92. The Morgan fingerprint density at radius 2 is 1.87 bits per heavy atom. The number of rotatable bonds is 6. The fraction of sp³-hybridized carbons (Fsp3) is 0.250. The molecule has 1 aromatic carbocycles. The minimum atomic E-state index is -4.43. The van der Waals surface area contributed by atoms with Crippen molar-refractivity contribution in [3.05, 3.63) is 68.9 Å². The number of nitrogens with one attached hydrogen (secondary N) is 1. The molecule has 2 aromatic heterocycles. The lowest BCUT2D eigenvalue weighted by atomic mass is 10.1. The van der Waals surface area contributed by atoms with Crippen LogP contribution < -0.4 is 15.9 Å². The van der Waals surface area contributed by atoms with Gasteiger partial charge in [-0.1, -0.05) is 18.7 Å². The van der Waals surface area contributed by atoms with Crippen LogP contribution in [-0.2, 0) is 0 Å². The molecule has 158 valence electrons. The molecular formula is C20H18F3N3O3S. The molecule has 0 aliphatic rings. The van der Waals surface area contributed by atoms with Crippen molar-refractivity contribution in [2.75, 3.05) is 12.4 Å². The van der Waals surface area contributed by atoms with Crippen LogP contribution in [0.1, 0.15) is 12.5 Å². The van der Waals surface area contributed by atoms with Crippen LogP contribution in [0.5, 0.6) is 5.75 Å². The summed E-state index contributed by atoms with van der Waals surface area (Å²) in [5, 5.41) is 0.410. The molecule has 0 bridgehead atoms. The highest BCUT2D eigenvalue weighted by Crippen LogP contribution is 2.26. The van der Waals surface area contributed by atoms with Gasteiger partial charge in [-0.15, -0.1) is 0 Å². The Morgan fingerprint density at radius 1 is 1.17 bits per heavy atom. The molecule has 30 heavy (non-hydrogen) atoms. The molecule has 0 saturated heterocycles. The molecule has 0 aliphatic carbocycles. The zero-order valence-electron chi connectivity index (χ0n) is 16.1. The Hall–Kier alpha value is -3.01. The van der Waals surface area contributed by atoms with Crippen molar-refractivity contribution in [2.24, 2.45) is 0 Å². The van der Waals surface area contributed by atoms with Gasteiger partial charge in [-0.25, -0.2) is 4.98 Å². The topological polar surface area (TPSA) is 77.0 Å². The third kappa shape index (κ3) is 4.93. The summed E-state index contributed by atoms with van der Waals surface area (Å²) in [7, 11) is 0. The quantitative estimate of drug-likeness (QED) is 0.467. The van der Waals surface area contributed by atoms with E-state index in [9.17, 15) is 22.8 Å². The second-order valence-electron chi connectivity index (χ2n) is 6.28. The smallest absolute Gasteiger partial charge is 0.422 e. The summed E-state index contributed by atoms with van der Waals surface area (Å²) < 4.78 is 43.1. The van der Waals surface area contributed by atoms with Gasteiger partial charge in [0.1, 0.15) is 5.75 Å². The van der Waals surface area contributed by atoms with E-state index in [1.54, 1.807) is 13.0 Å². The molecular weight excluding hydrogens is 419 g/mol. The average molecular weight is 437 g/mol. The van der Waals surface area contributed by atoms with E-state index < -0.39 is 12.8 Å². The summed E-state index contributed by atoms with van der Waals surface area (Å²) in [6.07, 6.45) is -2.95. The van der Waals surface area contributed by atoms with Gasteiger partial charge in [0, 0.05) is 23.4 Å².